The fourth-order valence-corrected chi connectivity index (χ4v) is 3.92. The SMILES string of the molecule is CCN(CC)CCn1c(=O)nc(-c2ccc3c(c2)OCO3)c2cc3c(cc21)OCO3. The van der Waals surface area contributed by atoms with Crippen LogP contribution in [0.3, 0.4) is 0 Å². The van der Waals surface area contributed by atoms with Gasteiger partial charge in [-0.05, 0) is 37.4 Å². The first kappa shape index (κ1) is 18.7. The van der Waals surface area contributed by atoms with E-state index in [2.05, 4.69) is 23.7 Å². The Labute approximate surface area is 173 Å². The van der Waals surface area contributed by atoms with E-state index >= 15 is 0 Å². The zero-order valence-electron chi connectivity index (χ0n) is 17.0. The molecule has 3 aromatic rings. The van der Waals surface area contributed by atoms with E-state index in [0.717, 1.165) is 36.1 Å². The molecule has 0 radical (unpaired) electrons. The largest absolute Gasteiger partial charge is 0.454 e. The van der Waals surface area contributed by atoms with Crippen LogP contribution in [0.15, 0.2) is 35.1 Å². The van der Waals surface area contributed by atoms with E-state index in [4.69, 9.17) is 18.9 Å². The summed E-state index contributed by atoms with van der Waals surface area (Å²) < 4.78 is 23.8. The lowest BCUT2D eigenvalue weighted by Crippen LogP contribution is -2.32. The van der Waals surface area contributed by atoms with Gasteiger partial charge in [0.2, 0.25) is 13.6 Å². The van der Waals surface area contributed by atoms with E-state index in [1.807, 2.05) is 30.3 Å². The zero-order chi connectivity index (χ0) is 20.7. The van der Waals surface area contributed by atoms with Gasteiger partial charge >= 0.3 is 5.69 Å². The molecule has 2 aromatic carbocycles. The van der Waals surface area contributed by atoms with Gasteiger partial charge in [0.15, 0.2) is 23.0 Å². The van der Waals surface area contributed by atoms with E-state index in [-0.39, 0.29) is 19.3 Å². The summed E-state index contributed by atoms with van der Waals surface area (Å²) in [5.41, 5.74) is 1.86. The number of hydrogen-bond donors (Lipinski definition) is 0. The molecule has 0 amide bonds. The van der Waals surface area contributed by atoms with Crippen molar-refractivity contribution in [2.75, 3.05) is 33.2 Å². The number of benzene rings is 2. The molecule has 8 heteroatoms. The highest BCUT2D eigenvalue weighted by molar-refractivity contribution is 5.95. The average molecular weight is 409 g/mol. The number of aromatic nitrogens is 2. The van der Waals surface area contributed by atoms with E-state index in [1.165, 1.54) is 0 Å². The van der Waals surface area contributed by atoms with Crippen molar-refractivity contribution >= 4 is 10.9 Å². The summed E-state index contributed by atoms with van der Waals surface area (Å²) in [6.45, 7) is 7.76. The monoisotopic (exact) mass is 409 g/mol. The van der Waals surface area contributed by atoms with E-state index in [0.29, 0.717) is 35.2 Å². The minimum Gasteiger partial charge on any atom is -0.454 e. The van der Waals surface area contributed by atoms with Gasteiger partial charge in [-0.15, -0.1) is 0 Å². The molecule has 0 N–H and O–H groups in total. The maximum Gasteiger partial charge on any atom is 0.348 e. The second-order valence-electron chi connectivity index (χ2n) is 7.21. The fourth-order valence-electron chi connectivity index (χ4n) is 3.92. The third-order valence-electron chi connectivity index (χ3n) is 5.66. The van der Waals surface area contributed by atoms with Crippen molar-refractivity contribution in [1.82, 2.24) is 14.5 Å². The highest BCUT2D eigenvalue weighted by atomic mass is 16.7. The summed E-state index contributed by atoms with van der Waals surface area (Å²) in [4.78, 5) is 19.8. The molecule has 0 aliphatic carbocycles. The minimum atomic E-state index is -0.291. The number of nitrogens with zero attached hydrogens (tertiary/aromatic N) is 3. The van der Waals surface area contributed by atoms with E-state index < -0.39 is 0 Å². The van der Waals surface area contributed by atoms with Crippen molar-refractivity contribution in [3.05, 3.63) is 40.8 Å². The van der Waals surface area contributed by atoms with Gasteiger partial charge in [-0.3, -0.25) is 4.57 Å². The van der Waals surface area contributed by atoms with Crippen molar-refractivity contribution in [1.29, 1.82) is 0 Å². The first-order valence-corrected chi connectivity index (χ1v) is 10.1. The van der Waals surface area contributed by atoms with Gasteiger partial charge in [0, 0.05) is 30.1 Å². The van der Waals surface area contributed by atoms with Crippen LogP contribution in [0.1, 0.15) is 13.8 Å². The Morgan fingerprint density at radius 2 is 1.60 bits per heavy atom. The summed E-state index contributed by atoms with van der Waals surface area (Å²) >= 11 is 0. The second kappa shape index (κ2) is 7.53. The molecule has 3 heterocycles. The Kier molecular flexibility index (Phi) is 4.71. The minimum absolute atomic E-state index is 0.169. The summed E-state index contributed by atoms with van der Waals surface area (Å²) in [6.07, 6.45) is 0. The van der Waals surface area contributed by atoms with Crippen molar-refractivity contribution in [3.8, 4) is 34.3 Å². The van der Waals surface area contributed by atoms with E-state index in [9.17, 15) is 4.79 Å². The standard InChI is InChI=1S/C22H23N3O5/c1-3-24(4-2)7-8-25-16-11-20-19(29-13-30-20)10-15(16)21(23-22(25)26)14-5-6-17-18(9-14)28-12-27-17/h5-6,9-11H,3-4,7-8,12-13H2,1-2H3. The van der Waals surface area contributed by atoms with Crippen LogP contribution in [0.4, 0.5) is 0 Å². The van der Waals surface area contributed by atoms with Gasteiger partial charge in [0.1, 0.15) is 0 Å². The van der Waals surface area contributed by atoms with Crippen LogP contribution in [-0.2, 0) is 6.54 Å². The lowest BCUT2D eigenvalue weighted by molar-refractivity contribution is 0.173. The van der Waals surface area contributed by atoms with Crippen LogP contribution in [0.5, 0.6) is 23.0 Å². The first-order chi connectivity index (χ1) is 14.7. The molecule has 0 spiro atoms. The smallest absolute Gasteiger partial charge is 0.348 e. The predicted octanol–water partition coefficient (Wildman–Crippen LogP) is 2.86. The van der Waals surface area contributed by atoms with Gasteiger partial charge in [0.05, 0.1) is 11.2 Å². The Balaban J connectivity index is 1.67. The summed E-state index contributed by atoms with van der Waals surface area (Å²) in [5, 5.41) is 0.831. The van der Waals surface area contributed by atoms with Gasteiger partial charge in [-0.1, -0.05) is 13.8 Å². The molecule has 2 aliphatic heterocycles. The van der Waals surface area contributed by atoms with Crippen LogP contribution in [0, 0.1) is 0 Å². The Bertz CT molecular complexity index is 1170. The second-order valence-corrected chi connectivity index (χ2v) is 7.21. The van der Waals surface area contributed by atoms with Crippen LogP contribution in [0.2, 0.25) is 0 Å². The van der Waals surface area contributed by atoms with Crippen molar-refractivity contribution in [3.63, 3.8) is 0 Å². The molecular formula is C22H23N3O5. The molecule has 156 valence electrons. The van der Waals surface area contributed by atoms with Crippen molar-refractivity contribution < 1.29 is 18.9 Å². The fraction of sp³-hybridized carbons (Fsp3) is 0.364. The topological polar surface area (TPSA) is 75.1 Å². The molecule has 0 unspecified atom stereocenters. The molecule has 0 atom stereocenters. The first-order valence-electron chi connectivity index (χ1n) is 10.1. The average Bonchev–Trinajstić information content (AvgIpc) is 3.42. The lowest BCUT2D eigenvalue weighted by atomic mass is 10.0. The van der Waals surface area contributed by atoms with Crippen LogP contribution in [-0.4, -0.2) is 47.7 Å². The number of rotatable bonds is 6. The summed E-state index contributed by atoms with van der Waals surface area (Å²) in [5.74, 6) is 2.63. The number of hydrogen-bond acceptors (Lipinski definition) is 7. The number of ether oxygens (including phenoxy) is 4. The molecule has 2 aliphatic rings. The molecule has 0 bridgehead atoms. The van der Waals surface area contributed by atoms with E-state index in [1.54, 1.807) is 4.57 Å². The third kappa shape index (κ3) is 3.13. The zero-order valence-corrected chi connectivity index (χ0v) is 17.0. The molecule has 1 aromatic heterocycles. The highest BCUT2D eigenvalue weighted by Gasteiger charge is 2.22. The van der Waals surface area contributed by atoms with Gasteiger partial charge in [-0.2, -0.15) is 4.98 Å². The Morgan fingerprint density at radius 3 is 2.33 bits per heavy atom. The molecule has 0 saturated heterocycles. The van der Waals surface area contributed by atoms with Gasteiger partial charge in [0.25, 0.3) is 0 Å². The van der Waals surface area contributed by atoms with Gasteiger partial charge in [-0.25, -0.2) is 4.79 Å². The summed E-state index contributed by atoms with van der Waals surface area (Å²) in [7, 11) is 0. The maximum absolute atomic E-state index is 13.1. The normalized spacial score (nSPS) is 14.1. The molecule has 0 fully saturated rings. The van der Waals surface area contributed by atoms with Crippen LogP contribution in [0.25, 0.3) is 22.2 Å². The molecule has 0 saturated carbocycles. The van der Waals surface area contributed by atoms with Crippen molar-refractivity contribution in [2.24, 2.45) is 0 Å². The third-order valence-corrected chi connectivity index (χ3v) is 5.66. The quantitative estimate of drug-likeness (QED) is 0.620. The molecule has 5 rings (SSSR count). The van der Waals surface area contributed by atoms with Crippen molar-refractivity contribution in [2.45, 2.75) is 20.4 Å². The number of likely N-dealkylation sites (N-methyl/N-ethyl adjacent to an activating group) is 1. The number of fused-ring (bicyclic) bond motifs is 3. The molecule has 8 nitrogen and oxygen atoms in total. The predicted molar refractivity (Wildman–Crippen MR) is 111 cm³/mol. The van der Waals surface area contributed by atoms with Crippen LogP contribution >= 0.6 is 0 Å². The lowest BCUT2D eigenvalue weighted by Gasteiger charge is -2.20. The Hall–Kier alpha value is -3.26. The highest BCUT2D eigenvalue weighted by Crippen LogP contribution is 2.40. The Morgan fingerprint density at radius 1 is 0.933 bits per heavy atom. The van der Waals surface area contributed by atoms with Crippen LogP contribution < -0.4 is 24.6 Å². The van der Waals surface area contributed by atoms with Gasteiger partial charge < -0.3 is 23.8 Å². The molecular weight excluding hydrogens is 386 g/mol. The maximum atomic E-state index is 13.1. The molecule has 30 heavy (non-hydrogen) atoms. The summed E-state index contributed by atoms with van der Waals surface area (Å²) in [6, 6.07) is 9.36.